The standard InChI is InChI=1S/C17H32N2O/c1-3-14-7-9-15(10-8-14)19-16(20)13-17(18-2)11-5-4-6-12-17/h14-15,18H,3-13H2,1-2H3,(H,19,20). The zero-order chi connectivity index (χ0) is 14.4. The van der Waals surface area contributed by atoms with Gasteiger partial charge in [-0.05, 0) is 51.5 Å². The zero-order valence-electron chi connectivity index (χ0n) is 13.3. The summed E-state index contributed by atoms with van der Waals surface area (Å²) in [6, 6.07) is 0.433. The number of hydrogen-bond acceptors (Lipinski definition) is 2. The van der Waals surface area contributed by atoms with Gasteiger partial charge in [-0.15, -0.1) is 0 Å². The van der Waals surface area contributed by atoms with E-state index in [2.05, 4.69) is 17.6 Å². The normalized spacial score (nSPS) is 29.9. The van der Waals surface area contributed by atoms with Crippen LogP contribution in [0.1, 0.15) is 77.6 Å². The average Bonchev–Trinajstić information content (AvgIpc) is 2.49. The smallest absolute Gasteiger partial charge is 0.222 e. The van der Waals surface area contributed by atoms with E-state index in [-0.39, 0.29) is 11.4 Å². The molecule has 0 atom stereocenters. The number of hydrogen-bond donors (Lipinski definition) is 2. The van der Waals surface area contributed by atoms with Crippen LogP contribution in [0.25, 0.3) is 0 Å². The Morgan fingerprint density at radius 2 is 1.75 bits per heavy atom. The van der Waals surface area contributed by atoms with E-state index in [9.17, 15) is 4.79 Å². The van der Waals surface area contributed by atoms with Crippen molar-refractivity contribution in [3.05, 3.63) is 0 Å². The number of amides is 1. The van der Waals surface area contributed by atoms with Crippen LogP contribution in [0.4, 0.5) is 0 Å². The van der Waals surface area contributed by atoms with Crippen molar-refractivity contribution in [3.8, 4) is 0 Å². The third kappa shape index (κ3) is 4.21. The fourth-order valence-electron chi connectivity index (χ4n) is 4.04. The first-order chi connectivity index (χ1) is 9.67. The number of carbonyl (C=O) groups excluding carboxylic acids is 1. The Labute approximate surface area is 124 Å². The van der Waals surface area contributed by atoms with Crippen molar-refractivity contribution in [1.82, 2.24) is 10.6 Å². The summed E-state index contributed by atoms with van der Waals surface area (Å²) in [6.45, 7) is 2.28. The molecule has 0 spiro atoms. The molecule has 116 valence electrons. The van der Waals surface area contributed by atoms with Crippen LogP contribution in [-0.2, 0) is 4.79 Å². The Balaban J connectivity index is 1.77. The van der Waals surface area contributed by atoms with Crippen molar-refractivity contribution in [2.75, 3.05) is 7.05 Å². The van der Waals surface area contributed by atoms with Gasteiger partial charge in [0.05, 0.1) is 0 Å². The molecule has 0 saturated heterocycles. The van der Waals surface area contributed by atoms with Crippen LogP contribution in [0.3, 0.4) is 0 Å². The van der Waals surface area contributed by atoms with Gasteiger partial charge in [0, 0.05) is 18.0 Å². The van der Waals surface area contributed by atoms with Crippen molar-refractivity contribution < 1.29 is 4.79 Å². The molecule has 3 heteroatoms. The van der Waals surface area contributed by atoms with Crippen molar-refractivity contribution >= 4 is 5.91 Å². The summed E-state index contributed by atoms with van der Waals surface area (Å²) in [6.07, 6.45) is 13.0. The predicted molar refractivity (Wildman–Crippen MR) is 83.7 cm³/mol. The Kier molecular flexibility index (Phi) is 5.88. The molecule has 20 heavy (non-hydrogen) atoms. The molecule has 1 amide bonds. The quantitative estimate of drug-likeness (QED) is 0.810. The van der Waals surface area contributed by atoms with Gasteiger partial charge >= 0.3 is 0 Å². The van der Waals surface area contributed by atoms with Crippen LogP contribution in [0.5, 0.6) is 0 Å². The third-order valence-corrected chi connectivity index (χ3v) is 5.63. The number of rotatable bonds is 5. The van der Waals surface area contributed by atoms with Gasteiger partial charge in [-0.3, -0.25) is 4.79 Å². The molecule has 0 aromatic carbocycles. The van der Waals surface area contributed by atoms with Gasteiger partial charge < -0.3 is 10.6 Å². The molecule has 2 rings (SSSR count). The second-order valence-electron chi connectivity index (χ2n) is 6.96. The monoisotopic (exact) mass is 280 g/mol. The van der Waals surface area contributed by atoms with Gasteiger partial charge in [0.15, 0.2) is 0 Å². The Morgan fingerprint density at radius 3 is 2.30 bits per heavy atom. The largest absolute Gasteiger partial charge is 0.353 e. The van der Waals surface area contributed by atoms with Crippen LogP contribution in [0, 0.1) is 5.92 Å². The molecule has 2 N–H and O–H groups in total. The van der Waals surface area contributed by atoms with Crippen molar-refractivity contribution in [3.63, 3.8) is 0 Å². The molecule has 0 heterocycles. The molecule has 0 unspecified atom stereocenters. The van der Waals surface area contributed by atoms with E-state index in [0.29, 0.717) is 12.5 Å². The van der Waals surface area contributed by atoms with Crippen LogP contribution >= 0.6 is 0 Å². The Hall–Kier alpha value is -0.570. The van der Waals surface area contributed by atoms with Gasteiger partial charge in [0.2, 0.25) is 5.91 Å². The first kappa shape index (κ1) is 15.8. The molecule has 3 nitrogen and oxygen atoms in total. The fourth-order valence-corrected chi connectivity index (χ4v) is 4.04. The highest BCUT2D eigenvalue weighted by Crippen LogP contribution is 2.31. The molecule has 2 saturated carbocycles. The summed E-state index contributed by atoms with van der Waals surface area (Å²) in [5.41, 5.74) is 0.0724. The van der Waals surface area contributed by atoms with Gasteiger partial charge in [0.25, 0.3) is 0 Å². The molecule has 0 bridgehead atoms. The van der Waals surface area contributed by atoms with Crippen molar-refractivity contribution in [1.29, 1.82) is 0 Å². The minimum Gasteiger partial charge on any atom is -0.353 e. The highest BCUT2D eigenvalue weighted by molar-refractivity contribution is 5.77. The van der Waals surface area contributed by atoms with Crippen molar-refractivity contribution in [2.45, 2.75) is 89.1 Å². The first-order valence-corrected chi connectivity index (χ1v) is 8.66. The van der Waals surface area contributed by atoms with E-state index in [0.717, 1.165) is 18.8 Å². The van der Waals surface area contributed by atoms with E-state index >= 15 is 0 Å². The molecule has 2 aliphatic carbocycles. The zero-order valence-corrected chi connectivity index (χ0v) is 13.3. The molecular weight excluding hydrogens is 248 g/mol. The summed E-state index contributed by atoms with van der Waals surface area (Å²) in [7, 11) is 2.02. The summed E-state index contributed by atoms with van der Waals surface area (Å²) < 4.78 is 0. The summed E-state index contributed by atoms with van der Waals surface area (Å²) in [5, 5.41) is 6.73. The minimum atomic E-state index is 0.0724. The van der Waals surface area contributed by atoms with E-state index in [1.54, 1.807) is 0 Å². The number of carbonyl (C=O) groups is 1. The molecule has 0 aliphatic heterocycles. The molecule has 0 aromatic rings. The minimum absolute atomic E-state index is 0.0724. The van der Waals surface area contributed by atoms with Gasteiger partial charge in [-0.1, -0.05) is 32.6 Å². The second-order valence-corrected chi connectivity index (χ2v) is 6.96. The Bertz CT molecular complexity index is 302. The van der Waals surface area contributed by atoms with Gasteiger partial charge in [0.1, 0.15) is 0 Å². The average molecular weight is 280 g/mol. The molecule has 0 radical (unpaired) electrons. The van der Waals surface area contributed by atoms with Crippen molar-refractivity contribution in [2.24, 2.45) is 5.92 Å². The lowest BCUT2D eigenvalue weighted by atomic mass is 9.79. The third-order valence-electron chi connectivity index (χ3n) is 5.63. The molecule has 0 aromatic heterocycles. The van der Waals surface area contributed by atoms with Crippen LogP contribution in [0.15, 0.2) is 0 Å². The first-order valence-electron chi connectivity index (χ1n) is 8.66. The van der Waals surface area contributed by atoms with E-state index in [4.69, 9.17) is 0 Å². The Morgan fingerprint density at radius 1 is 1.10 bits per heavy atom. The summed E-state index contributed by atoms with van der Waals surface area (Å²) in [4.78, 5) is 12.3. The van der Waals surface area contributed by atoms with E-state index in [1.807, 2.05) is 7.05 Å². The molecular formula is C17H32N2O. The maximum absolute atomic E-state index is 12.3. The molecule has 2 aliphatic rings. The fraction of sp³-hybridized carbons (Fsp3) is 0.941. The number of nitrogens with one attached hydrogen (secondary N) is 2. The lowest BCUT2D eigenvalue weighted by molar-refractivity contribution is -0.123. The highest BCUT2D eigenvalue weighted by Gasteiger charge is 2.33. The van der Waals surface area contributed by atoms with Crippen LogP contribution < -0.4 is 10.6 Å². The summed E-state index contributed by atoms with van der Waals surface area (Å²) in [5.74, 6) is 1.16. The van der Waals surface area contributed by atoms with Crippen LogP contribution in [-0.4, -0.2) is 24.5 Å². The summed E-state index contributed by atoms with van der Waals surface area (Å²) >= 11 is 0. The lowest BCUT2D eigenvalue weighted by Gasteiger charge is -2.37. The SMILES string of the molecule is CCC1CCC(NC(=O)CC2(NC)CCCCC2)CC1. The topological polar surface area (TPSA) is 41.1 Å². The van der Waals surface area contributed by atoms with Gasteiger partial charge in [-0.2, -0.15) is 0 Å². The second kappa shape index (κ2) is 7.44. The van der Waals surface area contributed by atoms with Gasteiger partial charge in [-0.25, -0.2) is 0 Å². The van der Waals surface area contributed by atoms with E-state index in [1.165, 1.54) is 51.4 Å². The highest BCUT2D eigenvalue weighted by atomic mass is 16.1. The maximum atomic E-state index is 12.3. The lowest BCUT2D eigenvalue weighted by Crippen LogP contribution is -2.49. The van der Waals surface area contributed by atoms with E-state index < -0.39 is 0 Å². The van der Waals surface area contributed by atoms with Crippen LogP contribution in [0.2, 0.25) is 0 Å². The maximum Gasteiger partial charge on any atom is 0.222 e. The molecule has 2 fully saturated rings. The predicted octanol–water partition coefficient (Wildman–Crippen LogP) is 3.38.